The standard InChI is InChI=1S/C8H14N2/c1-4-6-7(5-2)8(9)10-3/h5-6H,2,4H2,1,3H3,(H2,9,10)/b7-6+. The van der Waals surface area contributed by atoms with Crippen molar-refractivity contribution < 1.29 is 0 Å². The zero-order valence-corrected chi connectivity index (χ0v) is 6.57. The molecule has 10 heavy (non-hydrogen) atoms. The highest BCUT2D eigenvalue weighted by atomic mass is 14.9. The predicted molar refractivity (Wildman–Crippen MR) is 45.4 cm³/mol. The number of nitrogens with one attached hydrogen (secondary N) is 2. The summed E-state index contributed by atoms with van der Waals surface area (Å²) in [6.45, 7) is 5.63. The molecule has 0 rings (SSSR count). The first-order valence-electron chi connectivity index (χ1n) is 3.35. The molecule has 0 unspecified atom stereocenters. The molecule has 56 valence electrons. The Morgan fingerprint density at radius 3 is 2.60 bits per heavy atom. The van der Waals surface area contributed by atoms with Gasteiger partial charge >= 0.3 is 0 Å². The minimum absolute atomic E-state index is 0.428. The van der Waals surface area contributed by atoms with Gasteiger partial charge in [-0.1, -0.05) is 25.7 Å². The van der Waals surface area contributed by atoms with E-state index in [4.69, 9.17) is 5.41 Å². The third-order valence-electron chi connectivity index (χ3n) is 1.18. The minimum Gasteiger partial charge on any atom is -0.373 e. The lowest BCUT2D eigenvalue weighted by Gasteiger charge is -2.01. The molecule has 0 aromatic carbocycles. The van der Waals surface area contributed by atoms with E-state index in [1.807, 2.05) is 13.0 Å². The first-order valence-corrected chi connectivity index (χ1v) is 3.35. The van der Waals surface area contributed by atoms with E-state index >= 15 is 0 Å². The van der Waals surface area contributed by atoms with Crippen LogP contribution in [0.25, 0.3) is 0 Å². The maximum atomic E-state index is 7.35. The van der Waals surface area contributed by atoms with Gasteiger partial charge in [0.1, 0.15) is 5.84 Å². The fourth-order valence-corrected chi connectivity index (χ4v) is 0.652. The first kappa shape index (κ1) is 8.95. The number of amidine groups is 1. The molecule has 0 aliphatic heterocycles. The summed E-state index contributed by atoms with van der Waals surface area (Å²) in [5.41, 5.74) is 0.866. The van der Waals surface area contributed by atoms with E-state index in [-0.39, 0.29) is 0 Å². The van der Waals surface area contributed by atoms with Crippen molar-refractivity contribution in [2.75, 3.05) is 7.05 Å². The summed E-state index contributed by atoms with van der Waals surface area (Å²) in [5, 5.41) is 10.1. The van der Waals surface area contributed by atoms with Gasteiger partial charge in [-0.25, -0.2) is 0 Å². The summed E-state index contributed by atoms with van der Waals surface area (Å²) < 4.78 is 0. The lowest BCUT2D eigenvalue weighted by molar-refractivity contribution is 1.13. The van der Waals surface area contributed by atoms with Crippen molar-refractivity contribution in [2.45, 2.75) is 13.3 Å². The molecule has 0 heterocycles. The van der Waals surface area contributed by atoms with Crippen LogP contribution in [-0.4, -0.2) is 12.9 Å². The van der Waals surface area contributed by atoms with Gasteiger partial charge in [-0.15, -0.1) is 0 Å². The second kappa shape index (κ2) is 4.79. The van der Waals surface area contributed by atoms with Crippen LogP contribution in [-0.2, 0) is 0 Å². The quantitative estimate of drug-likeness (QED) is 0.347. The number of hydrogen-bond acceptors (Lipinski definition) is 1. The molecule has 0 fully saturated rings. The molecule has 0 aliphatic rings. The van der Waals surface area contributed by atoms with Crippen LogP contribution in [0.1, 0.15) is 13.3 Å². The third-order valence-corrected chi connectivity index (χ3v) is 1.18. The third kappa shape index (κ3) is 2.49. The van der Waals surface area contributed by atoms with Crippen molar-refractivity contribution >= 4 is 5.84 Å². The van der Waals surface area contributed by atoms with Crippen LogP contribution in [0.15, 0.2) is 24.3 Å². The van der Waals surface area contributed by atoms with E-state index in [1.54, 1.807) is 13.1 Å². The maximum Gasteiger partial charge on any atom is 0.124 e. The fourth-order valence-electron chi connectivity index (χ4n) is 0.652. The molecule has 0 aromatic heterocycles. The predicted octanol–water partition coefficient (Wildman–Crippen LogP) is 1.71. The van der Waals surface area contributed by atoms with Crippen LogP contribution in [0.2, 0.25) is 0 Å². The topological polar surface area (TPSA) is 35.9 Å². The van der Waals surface area contributed by atoms with Gasteiger partial charge < -0.3 is 5.32 Å². The Morgan fingerprint density at radius 2 is 2.30 bits per heavy atom. The SMILES string of the molecule is C=C/C(=C\CC)C(=N)NC. The largest absolute Gasteiger partial charge is 0.373 e. The van der Waals surface area contributed by atoms with Crippen molar-refractivity contribution in [3.63, 3.8) is 0 Å². The second-order valence-corrected chi connectivity index (χ2v) is 1.90. The van der Waals surface area contributed by atoms with Gasteiger partial charge in [0.05, 0.1) is 0 Å². The molecule has 0 atom stereocenters. The van der Waals surface area contributed by atoms with Gasteiger partial charge in [0, 0.05) is 12.6 Å². The van der Waals surface area contributed by atoms with Gasteiger partial charge in [-0.2, -0.15) is 0 Å². The summed E-state index contributed by atoms with van der Waals surface area (Å²) in [4.78, 5) is 0. The Morgan fingerprint density at radius 1 is 1.70 bits per heavy atom. The smallest absolute Gasteiger partial charge is 0.124 e. The van der Waals surface area contributed by atoms with Crippen LogP contribution >= 0.6 is 0 Å². The van der Waals surface area contributed by atoms with Gasteiger partial charge in [0.2, 0.25) is 0 Å². The van der Waals surface area contributed by atoms with E-state index in [0.717, 1.165) is 12.0 Å². The van der Waals surface area contributed by atoms with Crippen molar-refractivity contribution in [1.82, 2.24) is 5.32 Å². The fraction of sp³-hybridized carbons (Fsp3) is 0.375. The van der Waals surface area contributed by atoms with Crippen LogP contribution in [0.3, 0.4) is 0 Å². The Kier molecular flexibility index (Phi) is 4.29. The van der Waals surface area contributed by atoms with E-state index in [1.165, 1.54) is 0 Å². The number of allylic oxidation sites excluding steroid dienone is 1. The molecule has 0 saturated heterocycles. The molecule has 2 N–H and O–H groups in total. The van der Waals surface area contributed by atoms with Crippen LogP contribution in [0.5, 0.6) is 0 Å². The van der Waals surface area contributed by atoms with E-state index in [9.17, 15) is 0 Å². The van der Waals surface area contributed by atoms with E-state index < -0.39 is 0 Å². The molecular weight excluding hydrogens is 124 g/mol. The molecule has 0 aromatic rings. The molecule has 0 radical (unpaired) electrons. The highest BCUT2D eigenvalue weighted by Crippen LogP contribution is 1.96. The average molecular weight is 138 g/mol. The molecule has 0 aliphatic carbocycles. The average Bonchev–Trinajstić information content (AvgIpc) is 1.99. The summed E-state index contributed by atoms with van der Waals surface area (Å²) in [5.74, 6) is 0.428. The highest BCUT2D eigenvalue weighted by Gasteiger charge is 1.94. The Hall–Kier alpha value is -1.05. The van der Waals surface area contributed by atoms with Crippen molar-refractivity contribution in [2.24, 2.45) is 0 Å². The maximum absolute atomic E-state index is 7.35. The lowest BCUT2D eigenvalue weighted by Crippen LogP contribution is -2.17. The summed E-state index contributed by atoms with van der Waals surface area (Å²) in [7, 11) is 1.73. The summed E-state index contributed by atoms with van der Waals surface area (Å²) in [6, 6.07) is 0. The van der Waals surface area contributed by atoms with Gasteiger partial charge in [-0.3, -0.25) is 5.41 Å². The molecule has 0 bridgehead atoms. The van der Waals surface area contributed by atoms with Gasteiger partial charge in [-0.05, 0) is 6.42 Å². The van der Waals surface area contributed by atoms with Gasteiger partial charge in [0.15, 0.2) is 0 Å². The van der Waals surface area contributed by atoms with Crippen molar-refractivity contribution in [3.05, 3.63) is 24.3 Å². The molecule has 0 amide bonds. The van der Waals surface area contributed by atoms with E-state index in [2.05, 4.69) is 11.9 Å². The van der Waals surface area contributed by atoms with Crippen LogP contribution < -0.4 is 5.32 Å². The van der Waals surface area contributed by atoms with Crippen LogP contribution in [0.4, 0.5) is 0 Å². The Labute approximate surface area is 62.1 Å². The zero-order valence-electron chi connectivity index (χ0n) is 6.57. The normalized spacial score (nSPS) is 10.8. The zero-order chi connectivity index (χ0) is 7.98. The molecule has 0 spiro atoms. The Bertz CT molecular complexity index is 157. The monoisotopic (exact) mass is 138 g/mol. The second-order valence-electron chi connectivity index (χ2n) is 1.90. The van der Waals surface area contributed by atoms with E-state index in [0.29, 0.717) is 5.84 Å². The van der Waals surface area contributed by atoms with Crippen LogP contribution in [0, 0.1) is 5.41 Å². The van der Waals surface area contributed by atoms with Gasteiger partial charge in [0.25, 0.3) is 0 Å². The number of likely N-dealkylation sites (N-methyl/N-ethyl adjacent to an activating group) is 1. The van der Waals surface area contributed by atoms with Crippen molar-refractivity contribution in [1.29, 1.82) is 5.41 Å². The summed E-state index contributed by atoms with van der Waals surface area (Å²) >= 11 is 0. The molecule has 2 nitrogen and oxygen atoms in total. The minimum atomic E-state index is 0.428. The highest BCUT2D eigenvalue weighted by molar-refractivity contribution is 5.97. The number of rotatable bonds is 3. The lowest BCUT2D eigenvalue weighted by atomic mass is 10.2. The summed E-state index contributed by atoms with van der Waals surface area (Å²) in [6.07, 6.45) is 4.58. The Balaban J connectivity index is 4.20. The molecular formula is C8H14N2. The molecule has 2 heteroatoms. The van der Waals surface area contributed by atoms with Crippen molar-refractivity contribution in [3.8, 4) is 0 Å². The first-order chi connectivity index (χ1) is 4.76. The number of hydrogen-bond donors (Lipinski definition) is 2. The molecule has 0 saturated carbocycles.